The molecule has 1 heterocycles. The number of esters is 1. The second-order valence-electron chi connectivity index (χ2n) is 6.74. The zero-order chi connectivity index (χ0) is 18.1. The molecule has 25 heavy (non-hydrogen) atoms. The second kappa shape index (κ2) is 7.04. The van der Waals surface area contributed by atoms with Crippen LogP contribution in [0.1, 0.15) is 51.5 Å². The van der Waals surface area contributed by atoms with Crippen LogP contribution in [0.2, 0.25) is 5.02 Å². The maximum absolute atomic E-state index is 12.8. The van der Waals surface area contributed by atoms with E-state index in [1.54, 1.807) is 6.07 Å². The van der Waals surface area contributed by atoms with E-state index in [1.165, 1.54) is 0 Å². The van der Waals surface area contributed by atoms with Gasteiger partial charge in [0, 0.05) is 34.3 Å². The normalized spacial score (nSPS) is 20.5. The van der Waals surface area contributed by atoms with Gasteiger partial charge in [-0.25, -0.2) is 4.79 Å². The average molecular weight is 360 g/mol. The average Bonchev–Trinajstić information content (AvgIpc) is 2.53. The lowest BCUT2D eigenvalue weighted by atomic mass is 9.75. The van der Waals surface area contributed by atoms with Crippen molar-refractivity contribution in [2.24, 2.45) is 0 Å². The minimum absolute atomic E-state index is 0.0704. The monoisotopic (exact) mass is 359 g/mol. The Morgan fingerprint density at radius 1 is 1.28 bits per heavy atom. The first-order valence-electron chi connectivity index (χ1n) is 8.59. The predicted molar refractivity (Wildman–Crippen MR) is 97.1 cm³/mol. The van der Waals surface area contributed by atoms with Crippen molar-refractivity contribution in [1.29, 1.82) is 0 Å². The van der Waals surface area contributed by atoms with Crippen molar-refractivity contribution in [3.8, 4) is 0 Å². The number of ether oxygens (including phenoxy) is 1. The van der Waals surface area contributed by atoms with E-state index in [0.29, 0.717) is 22.6 Å². The lowest BCUT2D eigenvalue weighted by molar-refractivity contribution is -0.143. The van der Waals surface area contributed by atoms with Gasteiger partial charge in [-0.15, -0.1) is 0 Å². The molecule has 1 N–H and O–H groups in total. The van der Waals surface area contributed by atoms with Crippen LogP contribution in [-0.4, -0.2) is 17.9 Å². The fourth-order valence-corrected chi connectivity index (χ4v) is 3.80. The largest absolute Gasteiger partial charge is 0.460 e. The fraction of sp³-hybridized carbons (Fsp3) is 0.400. The molecule has 2 aliphatic rings. The highest BCUT2D eigenvalue weighted by Gasteiger charge is 2.39. The Hall–Kier alpha value is -2.07. The fourth-order valence-electron chi connectivity index (χ4n) is 3.55. The molecule has 4 nitrogen and oxygen atoms in total. The predicted octanol–water partition coefficient (Wildman–Crippen LogP) is 4.26. The molecule has 0 fully saturated rings. The summed E-state index contributed by atoms with van der Waals surface area (Å²) in [6.07, 6.45) is 1.87. The van der Waals surface area contributed by atoms with E-state index in [9.17, 15) is 9.59 Å². The quantitative estimate of drug-likeness (QED) is 0.819. The number of hydrogen-bond acceptors (Lipinski definition) is 4. The molecule has 0 saturated carbocycles. The van der Waals surface area contributed by atoms with Gasteiger partial charge in [0.15, 0.2) is 5.78 Å². The lowest BCUT2D eigenvalue weighted by Crippen LogP contribution is -2.35. The molecule has 0 amide bonds. The number of carbonyl (C=O) groups excluding carboxylic acids is 2. The van der Waals surface area contributed by atoms with Crippen molar-refractivity contribution in [3.05, 3.63) is 57.4 Å². The molecule has 0 unspecified atom stereocenters. The number of Topliss-reactive ketones (excluding diaryl/α,β-unsaturated/α-hetero) is 1. The van der Waals surface area contributed by atoms with E-state index in [1.807, 2.05) is 39.0 Å². The van der Waals surface area contributed by atoms with Crippen molar-refractivity contribution in [1.82, 2.24) is 5.32 Å². The Labute approximate surface area is 152 Å². The summed E-state index contributed by atoms with van der Waals surface area (Å²) >= 11 is 6.43. The highest BCUT2D eigenvalue weighted by atomic mass is 35.5. The lowest BCUT2D eigenvalue weighted by Gasteiger charge is -2.34. The first-order chi connectivity index (χ1) is 11.9. The molecule has 0 saturated heterocycles. The van der Waals surface area contributed by atoms with E-state index >= 15 is 0 Å². The first kappa shape index (κ1) is 17.7. The standard InChI is InChI=1S/C20H22ClNO3/c1-11(2)25-20(24)17-12(3)22-15-9-6-10-16(23)19(15)18(17)13-7-4-5-8-14(13)21/h4-5,7-8,11,18,22H,6,9-10H2,1-3H3/t18-/m0/s1. The van der Waals surface area contributed by atoms with Crippen LogP contribution in [-0.2, 0) is 14.3 Å². The smallest absolute Gasteiger partial charge is 0.337 e. The molecule has 3 rings (SSSR count). The molecule has 1 aromatic rings. The topological polar surface area (TPSA) is 55.4 Å². The van der Waals surface area contributed by atoms with Gasteiger partial charge in [-0.1, -0.05) is 29.8 Å². The van der Waals surface area contributed by atoms with Crippen LogP contribution >= 0.6 is 11.6 Å². The van der Waals surface area contributed by atoms with Gasteiger partial charge in [0.2, 0.25) is 0 Å². The highest BCUT2D eigenvalue weighted by Crippen LogP contribution is 2.44. The SMILES string of the molecule is CC1=C(C(=O)OC(C)C)[C@H](c2ccccc2Cl)C2=C(CCCC2=O)N1. The van der Waals surface area contributed by atoms with E-state index in [-0.39, 0.29) is 11.9 Å². The van der Waals surface area contributed by atoms with Crippen LogP contribution in [0.25, 0.3) is 0 Å². The van der Waals surface area contributed by atoms with Gasteiger partial charge in [0.1, 0.15) is 0 Å². The van der Waals surface area contributed by atoms with E-state index in [2.05, 4.69) is 5.32 Å². The number of ketones is 1. The van der Waals surface area contributed by atoms with Crippen LogP contribution in [0.15, 0.2) is 46.8 Å². The van der Waals surface area contributed by atoms with E-state index in [4.69, 9.17) is 16.3 Å². The summed E-state index contributed by atoms with van der Waals surface area (Å²) in [7, 11) is 0. The minimum atomic E-state index is -0.482. The summed E-state index contributed by atoms with van der Waals surface area (Å²) in [4.78, 5) is 25.5. The van der Waals surface area contributed by atoms with Gasteiger partial charge in [0.05, 0.1) is 11.7 Å². The van der Waals surface area contributed by atoms with Crippen LogP contribution in [0.3, 0.4) is 0 Å². The molecule has 1 aliphatic heterocycles. The van der Waals surface area contributed by atoms with Gasteiger partial charge in [0.25, 0.3) is 0 Å². The van der Waals surface area contributed by atoms with E-state index < -0.39 is 11.9 Å². The van der Waals surface area contributed by atoms with Crippen molar-refractivity contribution >= 4 is 23.4 Å². The molecule has 0 spiro atoms. The maximum atomic E-state index is 12.8. The molecular weight excluding hydrogens is 338 g/mol. The van der Waals surface area contributed by atoms with Crippen LogP contribution in [0.4, 0.5) is 0 Å². The summed E-state index contributed by atoms with van der Waals surface area (Å²) in [5.74, 6) is -0.820. The highest BCUT2D eigenvalue weighted by molar-refractivity contribution is 6.31. The Balaban J connectivity index is 2.17. The number of allylic oxidation sites excluding steroid dienone is 3. The number of nitrogens with one attached hydrogen (secondary N) is 1. The van der Waals surface area contributed by atoms with Gasteiger partial charge < -0.3 is 10.1 Å². The zero-order valence-electron chi connectivity index (χ0n) is 14.7. The number of hydrogen-bond donors (Lipinski definition) is 1. The minimum Gasteiger partial charge on any atom is -0.460 e. The van der Waals surface area contributed by atoms with E-state index in [0.717, 1.165) is 29.8 Å². The molecule has 0 bridgehead atoms. The van der Waals surface area contributed by atoms with Crippen LogP contribution in [0, 0.1) is 0 Å². The van der Waals surface area contributed by atoms with Crippen molar-refractivity contribution in [2.75, 3.05) is 0 Å². The summed E-state index contributed by atoms with van der Waals surface area (Å²) < 4.78 is 5.45. The number of benzene rings is 1. The maximum Gasteiger partial charge on any atom is 0.337 e. The van der Waals surface area contributed by atoms with Crippen molar-refractivity contribution < 1.29 is 14.3 Å². The second-order valence-corrected chi connectivity index (χ2v) is 7.15. The Morgan fingerprint density at radius 3 is 2.68 bits per heavy atom. The number of rotatable bonds is 3. The number of carbonyl (C=O) groups is 2. The number of halogens is 1. The van der Waals surface area contributed by atoms with Crippen molar-refractivity contribution in [2.45, 2.75) is 52.1 Å². The molecule has 5 heteroatoms. The molecular formula is C20H22ClNO3. The summed E-state index contributed by atoms with van der Waals surface area (Å²) in [6.45, 7) is 5.47. The zero-order valence-corrected chi connectivity index (χ0v) is 15.4. The first-order valence-corrected chi connectivity index (χ1v) is 8.97. The molecule has 132 valence electrons. The third-order valence-corrected chi connectivity index (χ3v) is 4.90. The van der Waals surface area contributed by atoms with Crippen LogP contribution < -0.4 is 5.32 Å². The van der Waals surface area contributed by atoms with Gasteiger partial charge in [-0.2, -0.15) is 0 Å². The van der Waals surface area contributed by atoms with Gasteiger partial charge in [-0.3, -0.25) is 4.79 Å². The molecule has 1 aromatic carbocycles. The summed E-state index contributed by atoms with van der Waals surface area (Å²) in [6, 6.07) is 7.37. The Bertz CT molecular complexity index is 792. The summed E-state index contributed by atoms with van der Waals surface area (Å²) in [5, 5.41) is 3.81. The van der Waals surface area contributed by atoms with Crippen molar-refractivity contribution in [3.63, 3.8) is 0 Å². The molecule has 1 aliphatic carbocycles. The molecule has 0 radical (unpaired) electrons. The van der Waals surface area contributed by atoms with Crippen LogP contribution in [0.5, 0.6) is 0 Å². The Morgan fingerprint density at radius 2 is 2.00 bits per heavy atom. The summed E-state index contributed by atoms with van der Waals surface area (Å²) in [5.41, 5.74) is 3.52. The van der Waals surface area contributed by atoms with Gasteiger partial charge >= 0.3 is 5.97 Å². The third-order valence-electron chi connectivity index (χ3n) is 4.55. The molecule has 0 aromatic heterocycles. The van der Waals surface area contributed by atoms with Gasteiger partial charge in [-0.05, 0) is 45.2 Å². The number of dihydropyridines is 1. The third kappa shape index (κ3) is 3.36. The Kier molecular flexibility index (Phi) is 5.00. The molecule has 1 atom stereocenters.